The van der Waals surface area contributed by atoms with E-state index in [9.17, 15) is 18.0 Å². The van der Waals surface area contributed by atoms with Gasteiger partial charge < -0.3 is 20.1 Å². The standard InChI is InChI=1S/C19H18F3N3O3S/c1-18(10-27-9-16(29)25-18)12-3-2-4-13(7-12)24-17(26)15-6-5-14(8-23-15)28-11-19(20,21)22/h2-8H,9-11H2,1H3,(H,24,26)(H,25,29). The van der Waals surface area contributed by atoms with Gasteiger partial charge in [0, 0.05) is 5.69 Å². The highest BCUT2D eigenvalue weighted by Crippen LogP contribution is 2.26. The number of halogens is 3. The Hall–Kier alpha value is -2.72. The Labute approximate surface area is 170 Å². The van der Waals surface area contributed by atoms with Crippen molar-refractivity contribution in [3.05, 3.63) is 53.9 Å². The molecule has 1 fully saturated rings. The van der Waals surface area contributed by atoms with E-state index in [-0.39, 0.29) is 11.4 Å². The maximum atomic E-state index is 12.4. The van der Waals surface area contributed by atoms with Crippen molar-refractivity contribution < 1.29 is 27.4 Å². The summed E-state index contributed by atoms with van der Waals surface area (Å²) >= 11 is 5.18. The van der Waals surface area contributed by atoms with E-state index in [1.165, 1.54) is 12.1 Å². The molecule has 10 heteroatoms. The summed E-state index contributed by atoms with van der Waals surface area (Å²) in [5.41, 5.74) is 0.930. The van der Waals surface area contributed by atoms with Gasteiger partial charge >= 0.3 is 6.18 Å². The summed E-state index contributed by atoms with van der Waals surface area (Å²) in [6.07, 6.45) is -3.37. The number of alkyl halides is 3. The number of ether oxygens (including phenoxy) is 2. The van der Waals surface area contributed by atoms with Crippen LogP contribution in [0.25, 0.3) is 0 Å². The summed E-state index contributed by atoms with van der Waals surface area (Å²) in [4.78, 5) is 16.9. The molecule has 1 atom stereocenters. The monoisotopic (exact) mass is 425 g/mol. The van der Waals surface area contributed by atoms with E-state index in [1.54, 1.807) is 18.2 Å². The van der Waals surface area contributed by atoms with Crippen LogP contribution >= 0.6 is 12.2 Å². The molecular formula is C19H18F3N3O3S. The Balaban J connectivity index is 1.67. The number of thiocarbonyl (C=S) groups is 1. The van der Waals surface area contributed by atoms with Crippen molar-refractivity contribution >= 4 is 28.8 Å². The average molecular weight is 425 g/mol. The van der Waals surface area contributed by atoms with E-state index in [4.69, 9.17) is 17.0 Å². The van der Waals surface area contributed by atoms with Crippen molar-refractivity contribution in [2.24, 2.45) is 0 Å². The molecule has 3 rings (SSSR count). The van der Waals surface area contributed by atoms with Gasteiger partial charge in [0.2, 0.25) is 0 Å². The van der Waals surface area contributed by atoms with Gasteiger partial charge in [0.25, 0.3) is 5.91 Å². The third kappa shape index (κ3) is 5.64. The highest BCUT2D eigenvalue weighted by molar-refractivity contribution is 7.80. The minimum absolute atomic E-state index is 0.0428. The van der Waals surface area contributed by atoms with Gasteiger partial charge in [-0.25, -0.2) is 4.98 Å². The highest BCUT2D eigenvalue weighted by Gasteiger charge is 2.31. The lowest BCUT2D eigenvalue weighted by Crippen LogP contribution is -2.52. The van der Waals surface area contributed by atoms with Gasteiger partial charge in [-0.2, -0.15) is 13.2 Å². The number of anilines is 1. The quantitative estimate of drug-likeness (QED) is 0.716. The number of aromatic nitrogens is 1. The zero-order chi connectivity index (χ0) is 21.1. The molecule has 29 heavy (non-hydrogen) atoms. The number of rotatable bonds is 5. The number of pyridine rings is 1. The molecule has 0 aliphatic carbocycles. The predicted octanol–water partition coefficient (Wildman–Crippen LogP) is 3.44. The van der Waals surface area contributed by atoms with Gasteiger partial charge in [-0.15, -0.1) is 0 Å². The van der Waals surface area contributed by atoms with Crippen LogP contribution in [-0.4, -0.2) is 41.9 Å². The highest BCUT2D eigenvalue weighted by atomic mass is 32.1. The topological polar surface area (TPSA) is 72.5 Å². The zero-order valence-corrected chi connectivity index (χ0v) is 16.2. The van der Waals surface area contributed by atoms with Gasteiger partial charge in [-0.3, -0.25) is 4.79 Å². The number of benzene rings is 1. The molecule has 2 heterocycles. The van der Waals surface area contributed by atoms with E-state index in [0.717, 1.165) is 11.8 Å². The first kappa shape index (κ1) is 21.0. The smallest absolute Gasteiger partial charge is 0.422 e. The fourth-order valence-corrected chi connectivity index (χ4v) is 3.09. The number of carbonyl (C=O) groups is 1. The summed E-state index contributed by atoms with van der Waals surface area (Å²) in [5.74, 6) is -0.578. The number of morpholine rings is 1. The normalized spacial score (nSPS) is 19.4. The predicted molar refractivity (Wildman–Crippen MR) is 104 cm³/mol. The van der Waals surface area contributed by atoms with E-state index in [2.05, 4.69) is 20.4 Å². The van der Waals surface area contributed by atoms with E-state index in [1.807, 2.05) is 13.0 Å². The number of hydrogen-bond acceptors (Lipinski definition) is 5. The molecule has 0 spiro atoms. The second-order valence-electron chi connectivity index (χ2n) is 6.69. The molecule has 154 valence electrons. The molecule has 6 nitrogen and oxygen atoms in total. The van der Waals surface area contributed by atoms with Crippen molar-refractivity contribution in [1.29, 1.82) is 0 Å². The first-order chi connectivity index (χ1) is 13.6. The first-order valence-electron chi connectivity index (χ1n) is 8.61. The van der Waals surface area contributed by atoms with Crippen LogP contribution in [0.2, 0.25) is 0 Å². The molecule has 1 unspecified atom stereocenters. The summed E-state index contributed by atoms with van der Waals surface area (Å²) in [7, 11) is 0. The minimum Gasteiger partial charge on any atom is -0.483 e. The van der Waals surface area contributed by atoms with Crippen LogP contribution in [0, 0.1) is 0 Å². The lowest BCUT2D eigenvalue weighted by Gasteiger charge is -2.36. The van der Waals surface area contributed by atoms with Crippen LogP contribution in [-0.2, 0) is 10.3 Å². The molecule has 1 aromatic heterocycles. The summed E-state index contributed by atoms with van der Waals surface area (Å²) < 4.78 is 46.6. The number of nitrogens with one attached hydrogen (secondary N) is 2. The molecule has 2 aromatic rings. The Bertz CT molecular complexity index is 906. The van der Waals surface area contributed by atoms with E-state index in [0.29, 0.717) is 23.9 Å². The van der Waals surface area contributed by atoms with E-state index >= 15 is 0 Å². The Morgan fingerprint density at radius 3 is 2.83 bits per heavy atom. The first-order valence-corrected chi connectivity index (χ1v) is 9.02. The van der Waals surface area contributed by atoms with Crippen molar-refractivity contribution in [2.75, 3.05) is 25.1 Å². The van der Waals surface area contributed by atoms with Crippen molar-refractivity contribution in [2.45, 2.75) is 18.6 Å². The molecule has 1 aromatic carbocycles. The second-order valence-corrected chi connectivity index (χ2v) is 7.18. The summed E-state index contributed by atoms with van der Waals surface area (Å²) in [5, 5.41) is 5.96. The lowest BCUT2D eigenvalue weighted by molar-refractivity contribution is -0.153. The third-order valence-corrected chi connectivity index (χ3v) is 4.39. The summed E-state index contributed by atoms with van der Waals surface area (Å²) in [6, 6.07) is 9.75. The van der Waals surface area contributed by atoms with Crippen molar-refractivity contribution in [1.82, 2.24) is 10.3 Å². The third-order valence-electron chi connectivity index (χ3n) is 4.17. The largest absolute Gasteiger partial charge is 0.483 e. The van der Waals surface area contributed by atoms with Crippen LogP contribution in [0.15, 0.2) is 42.6 Å². The molecule has 1 aliphatic rings. The average Bonchev–Trinajstić information content (AvgIpc) is 2.66. The van der Waals surface area contributed by atoms with Gasteiger partial charge in [-0.05, 0) is 36.8 Å². The number of carbonyl (C=O) groups excluding carboxylic acids is 1. The number of hydrogen-bond donors (Lipinski definition) is 2. The Kier molecular flexibility index (Phi) is 6.04. The van der Waals surface area contributed by atoms with Crippen LogP contribution < -0.4 is 15.4 Å². The SMILES string of the molecule is CC1(c2cccc(NC(=O)c3ccc(OCC(F)(F)F)cn3)c2)COCC(=S)N1. The molecule has 0 radical (unpaired) electrons. The van der Waals surface area contributed by atoms with Gasteiger partial charge in [0.15, 0.2) is 6.61 Å². The Morgan fingerprint density at radius 1 is 1.38 bits per heavy atom. The maximum Gasteiger partial charge on any atom is 0.422 e. The second kappa shape index (κ2) is 8.34. The van der Waals surface area contributed by atoms with Crippen LogP contribution in [0.5, 0.6) is 5.75 Å². The molecule has 1 aliphatic heterocycles. The van der Waals surface area contributed by atoms with E-state index < -0.39 is 24.2 Å². The minimum atomic E-state index is -4.44. The van der Waals surface area contributed by atoms with Crippen molar-refractivity contribution in [3.63, 3.8) is 0 Å². The van der Waals surface area contributed by atoms with Gasteiger partial charge in [0.1, 0.15) is 16.4 Å². The molecular weight excluding hydrogens is 407 g/mol. The number of nitrogens with zero attached hydrogens (tertiary/aromatic N) is 1. The molecule has 0 bridgehead atoms. The molecule has 1 saturated heterocycles. The fourth-order valence-electron chi connectivity index (χ4n) is 2.78. The molecule has 2 N–H and O–H groups in total. The lowest BCUT2D eigenvalue weighted by atomic mass is 9.91. The summed E-state index contributed by atoms with van der Waals surface area (Å²) in [6.45, 7) is 1.31. The van der Waals surface area contributed by atoms with Gasteiger partial charge in [-0.1, -0.05) is 24.4 Å². The molecule has 0 saturated carbocycles. The van der Waals surface area contributed by atoms with Crippen molar-refractivity contribution in [3.8, 4) is 5.75 Å². The molecule has 1 amide bonds. The van der Waals surface area contributed by atoms with Crippen LogP contribution in [0.3, 0.4) is 0 Å². The zero-order valence-electron chi connectivity index (χ0n) is 15.4. The fraction of sp³-hybridized carbons (Fsp3) is 0.316. The van der Waals surface area contributed by atoms with Crippen LogP contribution in [0.4, 0.5) is 18.9 Å². The van der Waals surface area contributed by atoms with Gasteiger partial charge in [0.05, 0.1) is 24.9 Å². The van der Waals surface area contributed by atoms with Crippen LogP contribution in [0.1, 0.15) is 23.0 Å². The Morgan fingerprint density at radius 2 is 2.17 bits per heavy atom. The number of amides is 1. The maximum absolute atomic E-state index is 12.4.